The molecule has 0 aliphatic carbocycles. The summed E-state index contributed by atoms with van der Waals surface area (Å²) in [5, 5.41) is 8.90. The molecule has 1 N–H and O–H groups in total. The summed E-state index contributed by atoms with van der Waals surface area (Å²) in [6, 6.07) is 7.06. The van der Waals surface area contributed by atoms with Crippen molar-refractivity contribution in [1.82, 2.24) is 9.21 Å². The molecule has 1 saturated heterocycles. The second-order valence-electron chi connectivity index (χ2n) is 5.95. The van der Waals surface area contributed by atoms with Crippen LogP contribution in [0.15, 0.2) is 29.2 Å². The lowest BCUT2D eigenvalue weighted by atomic mass is 10.1. The van der Waals surface area contributed by atoms with Gasteiger partial charge in [-0.2, -0.15) is 4.31 Å². The SMILES string of the molecule is CC1CN(S(=O)(=O)c2ccc(CCO)cc2)CC1N(C)C. The molecule has 6 heteroatoms. The number of nitrogens with zero attached hydrogens (tertiary/aromatic N) is 2. The monoisotopic (exact) mass is 312 g/mol. The largest absolute Gasteiger partial charge is 0.396 e. The van der Waals surface area contributed by atoms with Gasteiger partial charge >= 0.3 is 0 Å². The number of aliphatic hydroxyl groups excluding tert-OH is 1. The first-order valence-corrected chi connectivity index (χ1v) is 8.66. The molecule has 1 aliphatic rings. The Morgan fingerprint density at radius 3 is 2.33 bits per heavy atom. The van der Waals surface area contributed by atoms with E-state index in [9.17, 15) is 8.42 Å². The van der Waals surface area contributed by atoms with Crippen LogP contribution < -0.4 is 0 Å². The van der Waals surface area contributed by atoms with Crippen LogP contribution >= 0.6 is 0 Å². The quantitative estimate of drug-likeness (QED) is 0.873. The summed E-state index contributed by atoms with van der Waals surface area (Å²) in [5.74, 6) is 0.323. The van der Waals surface area contributed by atoms with Gasteiger partial charge in [0.1, 0.15) is 0 Å². The lowest BCUT2D eigenvalue weighted by molar-refractivity contribution is 0.263. The molecule has 1 heterocycles. The van der Waals surface area contributed by atoms with E-state index in [4.69, 9.17) is 5.11 Å². The van der Waals surface area contributed by atoms with Crippen molar-refractivity contribution < 1.29 is 13.5 Å². The molecule has 1 aromatic rings. The summed E-state index contributed by atoms with van der Waals surface area (Å²) in [5.41, 5.74) is 0.942. The topological polar surface area (TPSA) is 60.9 Å². The van der Waals surface area contributed by atoms with Crippen molar-refractivity contribution in [2.75, 3.05) is 33.8 Å². The number of likely N-dealkylation sites (N-methyl/N-ethyl adjacent to an activating group) is 1. The van der Waals surface area contributed by atoms with Gasteiger partial charge in [-0.25, -0.2) is 8.42 Å². The fourth-order valence-corrected chi connectivity index (χ4v) is 4.44. The third-order valence-electron chi connectivity index (χ3n) is 4.16. The number of hydrogen-bond donors (Lipinski definition) is 1. The molecule has 5 nitrogen and oxygen atoms in total. The number of aliphatic hydroxyl groups is 1. The van der Waals surface area contributed by atoms with Crippen molar-refractivity contribution in [1.29, 1.82) is 0 Å². The predicted octanol–water partition coefficient (Wildman–Crippen LogP) is 0.792. The predicted molar refractivity (Wildman–Crippen MR) is 82.6 cm³/mol. The molecule has 1 aliphatic heterocycles. The second-order valence-corrected chi connectivity index (χ2v) is 7.89. The van der Waals surface area contributed by atoms with Crippen LogP contribution in [0, 0.1) is 5.92 Å². The maximum atomic E-state index is 12.7. The van der Waals surface area contributed by atoms with Crippen molar-refractivity contribution in [2.24, 2.45) is 5.92 Å². The second kappa shape index (κ2) is 6.44. The highest BCUT2D eigenvalue weighted by Crippen LogP contribution is 2.26. The van der Waals surface area contributed by atoms with Gasteiger partial charge in [-0.15, -0.1) is 0 Å². The third-order valence-corrected chi connectivity index (χ3v) is 6.01. The Morgan fingerprint density at radius 1 is 1.24 bits per heavy atom. The maximum Gasteiger partial charge on any atom is 0.243 e. The number of sulfonamides is 1. The smallest absolute Gasteiger partial charge is 0.243 e. The molecule has 0 bridgehead atoms. The Balaban J connectivity index is 2.19. The van der Waals surface area contributed by atoms with Crippen LogP contribution in [-0.4, -0.2) is 62.6 Å². The van der Waals surface area contributed by atoms with Gasteiger partial charge in [0.15, 0.2) is 0 Å². The Kier molecular flexibility index (Phi) is 5.03. The van der Waals surface area contributed by atoms with Crippen LogP contribution in [0.4, 0.5) is 0 Å². The summed E-state index contributed by atoms with van der Waals surface area (Å²) in [4.78, 5) is 2.42. The zero-order valence-electron chi connectivity index (χ0n) is 12.9. The fraction of sp³-hybridized carbons (Fsp3) is 0.600. The summed E-state index contributed by atoms with van der Waals surface area (Å²) < 4.78 is 26.9. The Bertz CT molecular complexity index is 569. The van der Waals surface area contributed by atoms with Gasteiger partial charge in [0.05, 0.1) is 4.90 Å². The molecule has 2 atom stereocenters. The van der Waals surface area contributed by atoms with Crippen LogP contribution in [0.25, 0.3) is 0 Å². The van der Waals surface area contributed by atoms with Gasteiger partial charge in [-0.3, -0.25) is 0 Å². The highest BCUT2D eigenvalue weighted by atomic mass is 32.2. The molecule has 2 rings (SSSR count). The van der Waals surface area contributed by atoms with E-state index in [1.807, 2.05) is 14.1 Å². The van der Waals surface area contributed by atoms with E-state index in [0.29, 0.717) is 30.3 Å². The van der Waals surface area contributed by atoms with Crippen LogP contribution in [0.2, 0.25) is 0 Å². The Labute approximate surface area is 127 Å². The first-order chi connectivity index (χ1) is 9.86. The minimum absolute atomic E-state index is 0.0697. The molecule has 118 valence electrons. The van der Waals surface area contributed by atoms with E-state index in [2.05, 4.69) is 11.8 Å². The van der Waals surface area contributed by atoms with Gasteiger partial charge < -0.3 is 10.0 Å². The number of hydrogen-bond acceptors (Lipinski definition) is 4. The van der Waals surface area contributed by atoms with Gasteiger partial charge in [0.2, 0.25) is 10.0 Å². The van der Waals surface area contributed by atoms with Crippen molar-refractivity contribution in [3.05, 3.63) is 29.8 Å². The van der Waals surface area contributed by atoms with Crippen LogP contribution in [0.3, 0.4) is 0 Å². The van der Waals surface area contributed by atoms with E-state index in [1.165, 1.54) is 0 Å². The summed E-state index contributed by atoms with van der Waals surface area (Å²) >= 11 is 0. The zero-order valence-corrected chi connectivity index (χ0v) is 13.7. The van der Waals surface area contributed by atoms with Crippen LogP contribution in [-0.2, 0) is 16.4 Å². The molecule has 0 spiro atoms. The van der Waals surface area contributed by atoms with Crippen molar-refractivity contribution in [3.8, 4) is 0 Å². The lowest BCUT2D eigenvalue weighted by Crippen LogP contribution is -2.35. The minimum atomic E-state index is -3.43. The molecule has 21 heavy (non-hydrogen) atoms. The molecule has 0 saturated carbocycles. The number of benzene rings is 1. The summed E-state index contributed by atoms with van der Waals surface area (Å²) in [6.45, 7) is 3.25. The molecule has 2 unspecified atom stereocenters. The van der Waals surface area contributed by atoms with E-state index < -0.39 is 10.0 Å². The van der Waals surface area contributed by atoms with Crippen LogP contribution in [0.1, 0.15) is 12.5 Å². The summed E-state index contributed by atoms with van der Waals surface area (Å²) in [7, 11) is 0.549. The molecule has 0 radical (unpaired) electrons. The molecule has 0 aromatic heterocycles. The Hall–Kier alpha value is -0.950. The average Bonchev–Trinajstić information content (AvgIpc) is 2.83. The Morgan fingerprint density at radius 2 is 1.86 bits per heavy atom. The first kappa shape index (κ1) is 16.4. The highest BCUT2D eigenvalue weighted by molar-refractivity contribution is 7.89. The van der Waals surface area contributed by atoms with Gasteiger partial charge in [0.25, 0.3) is 0 Å². The van der Waals surface area contributed by atoms with Gasteiger partial charge in [0, 0.05) is 25.7 Å². The van der Waals surface area contributed by atoms with Gasteiger partial charge in [-0.1, -0.05) is 19.1 Å². The highest BCUT2D eigenvalue weighted by Gasteiger charge is 2.37. The third kappa shape index (κ3) is 3.45. The van der Waals surface area contributed by atoms with Gasteiger partial charge in [-0.05, 0) is 44.1 Å². The van der Waals surface area contributed by atoms with E-state index in [0.717, 1.165) is 5.56 Å². The first-order valence-electron chi connectivity index (χ1n) is 7.22. The van der Waals surface area contributed by atoms with E-state index in [1.54, 1.807) is 28.6 Å². The molecule has 1 fully saturated rings. The van der Waals surface area contributed by atoms with Crippen molar-refractivity contribution in [3.63, 3.8) is 0 Å². The standard InChI is InChI=1S/C15H24N2O3S/c1-12-10-17(11-15(12)16(2)3)21(19,20)14-6-4-13(5-7-14)8-9-18/h4-7,12,15,18H,8-11H2,1-3H3. The number of rotatable bonds is 5. The minimum Gasteiger partial charge on any atom is -0.396 e. The molecule has 0 amide bonds. The van der Waals surface area contributed by atoms with E-state index in [-0.39, 0.29) is 12.6 Å². The molecular weight excluding hydrogens is 288 g/mol. The zero-order chi connectivity index (χ0) is 15.6. The van der Waals surface area contributed by atoms with Crippen LogP contribution in [0.5, 0.6) is 0 Å². The lowest BCUT2D eigenvalue weighted by Gasteiger charge is -2.22. The fourth-order valence-electron chi connectivity index (χ4n) is 2.88. The average molecular weight is 312 g/mol. The van der Waals surface area contributed by atoms with E-state index >= 15 is 0 Å². The maximum absolute atomic E-state index is 12.7. The summed E-state index contributed by atoms with van der Waals surface area (Å²) in [6.07, 6.45) is 0.545. The van der Waals surface area contributed by atoms with Crippen molar-refractivity contribution >= 4 is 10.0 Å². The molecular formula is C15H24N2O3S. The normalized spacial score (nSPS) is 23.9. The van der Waals surface area contributed by atoms with Crippen molar-refractivity contribution in [2.45, 2.75) is 24.3 Å². The molecule has 1 aromatic carbocycles.